The fourth-order valence-electron chi connectivity index (χ4n) is 2.84. The van der Waals surface area contributed by atoms with Crippen LogP contribution in [0.1, 0.15) is 32.6 Å². The minimum absolute atomic E-state index is 0.0291. The molecule has 0 bridgehead atoms. The van der Waals surface area contributed by atoms with Crippen LogP contribution in [-0.2, 0) is 4.79 Å². The number of carbonyl (C=O) groups excluding carboxylic acids is 1. The Morgan fingerprint density at radius 2 is 2.05 bits per heavy atom. The number of aliphatic carboxylic acids is 1. The van der Waals surface area contributed by atoms with Gasteiger partial charge in [-0.1, -0.05) is 6.92 Å². The number of piperazine rings is 1. The van der Waals surface area contributed by atoms with Gasteiger partial charge in [0.2, 0.25) is 0 Å². The molecule has 2 atom stereocenters. The number of nitrogens with one attached hydrogen (secondary N) is 1. The SMILES string of the molecule is CCC1CN(C(=O)NC(CC(=O)O)C2CC2)CCN1C. The number of rotatable bonds is 5. The van der Waals surface area contributed by atoms with Crippen molar-refractivity contribution < 1.29 is 14.7 Å². The van der Waals surface area contributed by atoms with Crippen molar-refractivity contribution in [3.05, 3.63) is 0 Å². The second kappa shape index (κ2) is 6.43. The van der Waals surface area contributed by atoms with Gasteiger partial charge in [-0.15, -0.1) is 0 Å². The fraction of sp³-hybridized carbons (Fsp3) is 0.857. The Kier molecular flexibility index (Phi) is 4.86. The van der Waals surface area contributed by atoms with Crippen molar-refractivity contribution in [1.29, 1.82) is 0 Å². The summed E-state index contributed by atoms with van der Waals surface area (Å²) in [5.41, 5.74) is 0. The van der Waals surface area contributed by atoms with Crippen LogP contribution in [0.25, 0.3) is 0 Å². The van der Waals surface area contributed by atoms with Gasteiger partial charge in [0.1, 0.15) is 0 Å². The van der Waals surface area contributed by atoms with E-state index in [1.165, 1.54) is 0 Å². The summed E-state index contributed by atoms with van der Waals surface area (Å²) in [4.78, 5) is 27.3. The van der Waals surface area contributed by atoms with Crippen LogP contribution >= 0.6 is 0 Å². The molecule has 0 spiro atoms. The third kappa shape index (κ3) is 3.85. The molecule has 0 aromatic heterocycles. The van der Waals surface area contributed by atoms with Crippen LogP contribution in [0.2, 0.25) is 0 Å². The Hall–Kier alpha value is -1.30. The molecule has 0 radical (unpaired) electrons. The molecule has 6 nitrogen and oxygen atoms in total. The number of urea groups is 1. The number of carboxylic acids is 1. The molecule has 2 aliphatic rings. The molecule has 2 unspecified atom stereocenters. The Bertz CT molecular complexity index is 371. The van der Waals surface area contributed by atoms with Gasteiger partial charge < -0.3 is 15.3 Å². The lowest BCUT2D eigenvalue weighted by molar-refractivity contribution is -0.137. The third-order valence-corrected chi connectivity index (χ3v) is 4.43. The maximum absolute atomic E-state index is 12.3. The van der Waals surface area contributed by atoms with Crippen molar-refractivity contribution >= 4 is 12.0 Å². The minimum atomic E-state index is -0.841. The third-order valence-electron chi connectivity index (χ3n) is 4.43. The summed E-state index contributed by atoms with van der Waals surface area (Å²) in [6.07, 6.45) is 3.10. The zero-order chi connectivity index (χ0) is 14.7. The smallest absolute Gasteiger partial charge is 0.317 e. The molecule has 2 rings (SSSR count). The molecule has 6 heteroatoms. The predicted molar refractivity (Wildman–Crippen MR) is 75.6 cm³/mol. The molecular formula is C14H25N3O3. The minimum Gasteiger partial charge on any atom is -0.481 e. The first-order valence-corrected chi connectivity index (χ1v) is 7.48. The highest BCUT2D eigenvalue weighted by molar-refractivity contribution is 5.76. The molecule has 2 N–H and O–H groups in total. The lowest BCUT2D eigenvalue weighted by Crippen LogP contribution is -2.56. The fourth-order valence-corrected chi connectivity index (χ4v) is 2.84. The van der Waals surface area contributed by atoms with E-state index in [1.54, 1.807) is 0 Å². The van der Waals surface area contributed by atoms with Crippen LogP contribution in [0, 0.1) is 5.92 Å². The first-order valence-electron chi connectivity index (χ1n) is 7.48. The zero-order valence-electron chi connectivity index (χ0n) is 12.3. The maximum atomic E-state index is 12.3. The quantitative estimate of drug-likeness (QED) is 0.789. The average Bonchev–Trinajstić information content (AvgIpc) is 3.22. The van der Waals surface area contributed by atoms with Gasteiger partial charge >= 0.3 is 12.0 Å². The molecule has 1 aliphatic heterocycles. The van der Waals surface area contributed by atoms with Crippen LogP contribution in [-0.4, -0.2) is 65.7 Å². The summed E-state index contributed by atoms with van der Waals surface area (Å²) < 4.78 is 0. The summed E-state index contributed by atoms with van der Waals surface area (Å²) in [5, 5.41) is 11.9. The van der Waals surface area contributed by atoms with Gasteiger partial charge in [-0.05, 0) is 32.2 Å². The molecule has 1 saturated heterocycles. The summed E-state index contributed by atoms with van der Waals surface area (Å²) >= 11 is 0. The van der Waals surface area contributed by atoms with Crippen molar-refractivity contribution in [2.24, 2.45) is 5.92 Å². The first-order chi connectivity index (χ1) is 9.51. The first kappa shape index (κ1) is 15.1. The van der Waals surface area contributed by atoms with Crippen molar-refractivity contribution in [3.8, 4) is 0 Å². The molecular weight excluding hydrogens is 258 g/mol. The van der Waals surface area contributed by atoms with Crippen LogP contribution in [0.3, 0.4) is 0 Å². The molecule has 1 heterocycles. The monoisotopic (exact) mass is 283 g/mol. The topological polar surface area (TPSA) is 72.9 Å². The van der Waals surface area contributed by atoms with E-state index in [0.717, 1.165) is 32.4 Å². The average molecular weight is 283 g/mol. The highest BCUT2D eigenvalue weighted by atomic mass is 16.4. The van der Waals surface area contributed by atoms with Gasteiger partial charge in [-0.2, -0.15) is 0 Å². The summed E-state index contributed by atoms with van der Waals surface area (Å²) in [6, 6.07) is 0.0859. The Morgan fingerprint density at radius 1 is 1.35 bits per heavy atom. The normalized spacial score (nSPS) is 25.3. The van der Waals surface area contributed by atoms with Gasteiger partial charge in [-0.25, -0.2) is 4.79 Å². The zero-order valence-corrected chi connectivity index (χ0v) is 12.3. The van der Waals surface area contributed by atoms with E-state index < -0.39 is 5.97 Å². The van der Waals surface area contributed by atoms with Gasteiger partial charge in [-0.3, -0.25) is 9.69 Å². The number of amides is 2. The highest BCUT2D eigenvalue weighted by Gasteiger charge is 2.35. The molecule has 0 aromatic rings. The van der Waals surface area contributed by atoms with Gasteiger partial charge in [0.25, 0.3) is 0 Å². The van der Waals surface area contributed by atoms with E-state index in [0.29, 0.717) is 18.5 Å². The summed E-state index contributed by atoms with van der Waals surface area (Å²) in [6.45, 7) is 4.44. The second-order valence-corrected chi connectivity index (χ2v) is 5.98. The van der Waals surface area contributed by atoms with Gasteiger partial charge in [0, 0.05) is 31.7 Å². The van der Waals surface area contributed by atoms with Gasteiger partial charge in [0.15, 0.2) is 0 Å². The predicted octanol–water partition coefficient (Wildman–Crippen LogP) is 0.975. The molecule has 2 fully saturated rings. The van der Waals surface area contributed by atoms with E-state index in [4.69, 9.17) is 5.11 Å². The van der Waals surface area contributed by atoms with Crippen molar-refractivity contribution in [2.75, 3.05) is 26.7 Å². The number of likely N-dealkylation sites (N-methyl/N-ethyl adjacent to an activating group) is 1. The van der Waals surface area contributed by atoms with Crippen LogP contribution in [0.4, 0.5) is 4.79 Å². The Morgan fingerprint density at radius 3 is 2.60 bits per heavy atom. The van der Waals surface area contributed by atoms with Crippen molar-refractivity contribution in [3.63, 3.8) is 0 Å². The summed E-state index contributed by atoms with van der Waals surface area (Å²) in [5.74, 6) is -0.489. The molecule has 1 saturated carbocycles. The molecule has 114 valence electrons. The van der Waals surface area contributed by atoms with E-state index in [1.807, 2.05) is 4.90 Å². The maximum Gasteiger partial charge on any atom is 0.317 e. The van der Waals surface area contributed by atoms with Crippen LogP contribution < -0.4 is 5.32 Å². The van der Waals surface area contributed by atoms with E-state index in [-0.39, 0.29) is 18.5 Å². The van der Waals surface area contributed by atoms with E-state index in [9.17, 15) is 9.59 Å². The Labute approximate surface area is 120 Å². The van der Waals surface area contributed by atoms with Crippen LogP contribution in [0.15, 0.2) is 0 Å². The molecule has 0 aromatic carbocycles. The number of carboxylic acid groups (broad SMARTS) is 1. The lowest BCUT2D eigenvalue weighted by atomic mass is 10.1. The van der Waals surface area contributed by atoms with E-state index >= 15 is 0 Å². The highest BCUT2D eigenvalue weighted by Crippen LogP contribution is 2.34. The van der Waals surface area contributed by atoms with Crippen LogP contribution in [0.5, 0.6) is 0 Å². The summed E-state index contributed by atoms with van der Waals surface area (Å²) in [7, 11) is 2.08. The number of hydrogen-bond acceptors (Lipinski definition) is 3. The van der Waals surface area contributed by atoms with E-state index in [2.05, 4.69) is 24.2 Å². The van der Waals surface area contributed by atoms with Gasteiger partial charge in [0.05, 0.1) is 6.42 Å². The molecule has 1 aliphatic carbocycles. The van der Waals surface area contributed by atoms with Crippen molar-refractivity contribution in [1.82, 2.24) is 15.1 Å². The lowest BCUT2D eigenvalue weighted by Gasteiger charge is -2.39. The molecule has 2 amide bonds. The number of nitrogens with zero attached hydrogens (tertiary/aromatic N) is 2. The number of hydrogen-bond donors (Lipinski definition) is 2. The largest absolute Gasteiger partial charge is 0.481 e. The number of carbonyl (C=O) groups is 2. The standard InChI is InChI=1S/C14H25N3O3/c1-3-11-9-17(7-6-16(11)2)14(20)15-12(8-13(18)19)10-4-5-10/h10-12H,3-9H2,1-2H3,(H,15,20)(H,18,19). The Balaban J connectivity index is 1.88. The molecule has 20 heavy (non-hydrogen) atoms. The van der Waals surface area contributed by atoms with Crippen molar-refractivity contribution in [2.45, 2.75) is 44.7 Å². The second-order valence-electron chi connectivity index (χ2n) is 5.98.